The largest absolute Gasteiger partial charge is 0.493 e. The van der Waals surface area contributed by atoms with Crippen molar-refractivity contribution in [3.63, 3.8) is 0 Å². The van der Waals surface area contributed by atoms with Gasteiger partial charge in [-0.25, -0.2) is 0 Å². The summed E-state index contributed by atoms with van der Waals surface area (Å²) in [6, 6.07) is 13.9. The van der Waals surface area contributed by atoms with Gasteiger partial charge in [0.05, 0.1) is 24.1 Å². The van der Waals surface area contributed by atoms with Crippen LogP contribution >= 0.6 is 11.8 Å². The molecule has 0 saturated heterocycles. The molecule has 1 aliphatic rings. The van der Waals surface area contributed by atoms with E-state index in [0.29, 0.717) is 11.8 Å². The number of nitrogens with zero attached hydrogens (tertiary/aromatic N) is 4. The number of para-hydroxylation sites is 1. The first-order valence-electron chi connectivity index (χ1n) is 9.12. The fourth-order valence-corrected chi connectivity index (χ4v) is 4.02. The third kappa shape index (κ3) is 3.87. The molecule has 8 heteroatoms. The number of aryl methyl sites for hydroxylation is 2. The molecule has 1 amide bonds. The molecule has 0 radical (unpaired) electrons. The Hall–Kier alpha value is -2.87. The fraction of sp³-hybridized carbons (Fsp3) is 0.300. The highest BCUT2D eigenvalue weighted by atomic mass is 32.2. The molecule has 0 spiro atoms. The average Bonchev–Trinajstić information content (AvgIpc) is 3.15. The van der Waals surface area contributed by atoms with Gasteiger partial charge in [-0.15, -0.1) is 5.10 Å². The lowest BCUT2D eigenvalue weighted by atomic mass is 10.0. The standard InChI is InChI=1S/C20H21N5O2S/c1-13-7-8-17(14(2)11-13)25-20(22-23-24-25)28-12-19(26)21-16-9-10-27-18-6-4-3-5-15(16)18/h3-8,11,16H,9-10,12H2,1-2H3,(H,21,26). The lowest BCUT2D eigenvalue weighted by molar-refractivity contribution is -0.119. The van der Waals surface area contributed by atoms with Crippen molar-refractivity contribution in [2.24, 2.45) is 0 Å². The van der Waals surface area contributed by atoms with Gasteiger partial charge in [-0.2, -0.15) is 4.68 Å². The van der Waals surface area contributed by atoms with E-state index in [-0.39, 0.29) is 17.7 Å². The van der Waals surface area contributed by atoms with Gasteiger partial charge < -0.3 is 10.1 Å². The van der Waals surface area contributed by atoms with Crippen LogP contribution in [0.3, 0.4) is 0 Å². The van der Waals surface area contributed by atoms with Gasteiger partial charge in [-0.3, -0.25) is 4.79 Å². The van der Waals surface area contributed by atoms with Gasteiger partial charge in [-0.1, -0.05) is 47.7 Å². The molecular formula is C20H21N5O2S. The number of carbonyl (C=O) groups is 1. The molecule has 7 nitrogen and oxygen atoms in total. The fourth-order valence-electron chi connectivity index (χ4n) is 3.32. The predicted molar refractivity (Wildman–Crippen MR) is 107 cm³/mol. The molecule has 28 heavy (non-hydrogen) atoms. The van der Waals surface area contributed by atoms with Crippen molar-refractivity contribution in [3.8, 4) is 11.4 Å². The Bertz CT molecular complexity index is 1000. The van der Waals surface area contributed by atoms with Crippen molar-refractivity contribution >= 4 is 17.7 Å². The number of benzene rings is 2. The number of ether oxygens (including phenoxy) is 1. The van der Waals surface area contributed by atoms with E-state index in [1.54, 1.807) is 4.68 Å². The van der Waals surface area contributed by atoms with Crippen LogP contribution in [0.5, 0.6) is 5.75 Å². The van der Waals surface area contributed by atoms with Crippen molar-refractivity contribution in [3.05, 3.63) is 59.2 Å². The number of thioether (sulfide) groups is 1. The predicted octanol–water partition coefficient (Wildman–Crippen LogP) is 3.01. The van der Waals surface area contributed by atoms with Gasteiger partial charge in [0.1, 0.15) is 5.75 Å². The van der Waals surface area contributed by atoms with E-state index < -0.39 is 0 Å². The zero-order valence-corrected chi connectivity index (χ0v) is 16.6. The van der Waals surface area contributed by atoms with Crippen molar-refractivity contribution in [2.75, 3.05) is 12.4 Å². The maximum Gasteiger partial charge on any atom is 0.230 e. The highest BCUT2D eigenvalue weighted by Crippen LogP contribution is 2.31. The lowest BCUT2D eigenvalue weighted by Crippen LogP contribution is -2.33. The van der Waals surface area contributed by atoms with E-state index in [1.807, 2.05) is 50.2 Å². The summed E-state index contributed by atoms with van der Waals surface area (Å²) in [6.45, 7) is 4.67. The molecule has 0 fully saturated rings. The first-order chi connectivity index (χ1) is 13.6. The lowest BCUT2D eigenvalue weighted by Gasteiger charge is -2.26. The van der Waals surface area contributed by atoms with E-state index in [2.05, 4.69) is 26.9 Å². The molecule has 2 heterocycles. The van der Waals surface area contributed by atoms with Crippen LogP contribution in [0.15, 0.2) is 47.6 Å². The van der Waals surface area contributed by atoms with Gasteiger partial charge in [0.2, 0.25) is 11.1 Å². The maximum absolute atomic E-state index is 12.5. The molecule has 3 aromatic rings. The maximum atomic E-state index is 12.5. The van der Waals surface area contributed by atoms with E-state index >= 15 is 0 Å². The monoisotopic (exact) mass is 395 g/mol. The summed E-state index contributed by atoms with van der Waals surface area (Å²) in [7, 11) is 0. The zero-order valence-electron chi connectivity index (χ0n) is 15.8. The average molecular weight is 395 g/mol. The number of rotatable bonds is 5. The summed E-state index contributed by atoms with van der Waals surface area (Å²) in [6.07, 6.45) is 0.758. The summed E-state index contributed by atoms with van der Waals surface area (Å²) >= 11 is 1.32. The molecular weight excluding hydrogens is 374 g/mol. The number of hydrogen-bond acceptors (Lipinski definition) is 6. The molecule has 144 valence electrons. The SMILES string of the molecule is Cc1ccc(-n2nnnc2SCC(=O)NC2CCOc3ccccc32)c(C)c1. The number of fused-ring (bicyclic) bond motifs is 1. The smallest absolute Gasteiger partial charge is 0.230 e. The second-order valence-electron chi connectivity index (χ2n) is 6.75. The van der Waals surface area contributed by atoms with Gasteiger partial charge >= 0.3 is 0 Å². The second kappa shape index (κ2) is 8.02. The first-order valence-corrected chi connectivity index (χ1v) is 10.1. The second-order valence-corrected chi connectivity index (χ2v) is 7.69. The van der Waals surface area contributed by atoms with Crippen molar-refractivity contribution in [2.45, 2.75) is 31.5 Å². The number of hydrogen-bond donors (Lipinski definition) is 1. The number of aromatic nitrogens is 4. The molecule has 2 aromatic carbocycles. The molecule has 4 rings (SSSR count). The van der Waals surface area contributed by atoms with Crippen molar-refractivity contribution in [1.29, 1.82) is 0 Å². The summed E-state index contributed by atoms with van der Waals surface area (Å²) in [5.41, 5.74) is 4.20. The summed E-state index contributed by atoms with van der Waals surface area (Å²) in [5.74, 6) is 1.03. The van der Waals surface area contributed by atoms with Crippen LogP contribution in [0.25, 0.3) is 5.69 Å². The minimum atomic E-state index is -0.0538. The van der Waals surface area contributed by atoms with Crippen LogP contribution in [-0.2, 0) is 4.79 Å². The van der Waals surface area contributed by atoms with E-state index in [1.165, 1.54) is 17.3 Å². The van der Waals surface area contributed by atoms with Crippen molar-refractivity contribution < 1.29 is 9.53 Å². The minimum Gasteiger partial charge on any atom is -0.493 e. The van der Waals surface area contributed by atoms with Crippen LogP contribution in [0, 0.1) is 13.8 Å². The molecule has 0 aliphatic carbocycles. The van der Waals surface area contributed by atoms with Crippen LogP contribution in [0.4, 0.5) is 0 Å². The van der Waals surface area contributed by atoms with Gasteiger partial charge in [0.15, 0.2) is 0 Å². The van der Waals surface area contributed by atoms with Gasteiger partial charge in [0, 0.05) is 12.0 Å². The Labute approximate surface area is 167 Å². The van der Waals surface area contributed by atoms with Crippen LogP contribution in [0.1, 0.15) is 29.2 Å². The number of carbonyl (C=O) groups excluding carboxylic acids is 1. The van der Waals surface area contributed by atoms with Crippen LogP contribution in [-0.4, -0.2) is 38.5 Å². The number of nitrogens with one attached hydrogen (secondary N) is 1. The Morgan fingerprint density at radius 3 is 3.00 bits per heavy atom. The molecule has 1 atom stereocenters. The molecule has 0 bridgehead atoms. The van der Waals surface area contributed by atoms with Crippen LogP contribution in [0.2, 0.25) is 0 Å². The topological polar surface area (TPSA) is 81.9 Å². The van der Waals surface area contributed by atoms with Crippen LogP contribution < -0.4 is 10.1 Å². The molecule has 1 unspecified atom stereocenters. The Balaban J connectivity index is 1.42. The number of amides is 1. The molecule has 1 aromatic heterocycles. The summed E-state index contributed by atoms with van der Waals surface area (Å²) in [5, 5.41) is 15.6. The van der Waals surface area contributed by atoms with E-state index in [4.69, 9.17) is 4.74 Å². The quantitative estimate of drug-likeness (QED) is 0.669. The first kappa shape index (κ1) is 18.5. The highest BCUT2D eigenvalue weighted by Gasteiger charge is 2.23. The van der Waals surface area contributed by atoms with Crippen molar-refractivity contribution in [1.82, 2.24) is 25.5 Å². The minimum absolute atomic E-state index is 0.0339. The van der Waals surface area contributed by atoms with E-state index in [9.17, 15) is 4.79 Å². The zero-order chi connectivity index (χ0) is 19.5. The third-order valence-corrected chi connectivity index (χ3v) is 5.57. The van der Waals surface area contributed by atoms with Gasteiger partial charge in [-0.05, 0) is 42.0 Å². The normalized spacial score (nSPS) is 15.6. The molecule has 1 N–H and O–H groups in total. The molecule has 0 saturated carbocycles. The van der Waals surface area contributed by atoms with Gasteiger partial charge in [0.25, 0.3) is 0 Å². The van der Waals surface area contributed by atoms with E-state index in [0.717, 1.165) is 29.0 Å². The summed E-state index contributed by atoms with van der Waals surface area (Å²) in [4.78, 5) is 12.5. The third-order valence-electron chi connectivity index (χ3n) is 4.65. The highest BCUT2D eigenvalue weighted by molar-refractivity contribution is 7.99. The Morgan fingerprint density at radius 2 is 2.14 bits per heavy atom. The Kier molecular flexibility index (Phi) is 5.29. The Morgan fingerprint density at radius 1 is 1.29 bits per heavy atom. The molecule has 1 aliphatic heterocycles. The summed E-state index contributed by atoms with van der Waals surface area (Å²) < 4.78 is 7.33. The number of tetrazole rings is 1.